The number of benzene rings is 1. The lowest BCUT2D eigenvalue weighted by atomic mass is 10.1. The quantitative estimate of drug-likeness (QED) is 0.526. The number of nitrogen functional groups attached to an aromatic ring is 1. The van der Waals surface area contributed by atoms with Crippen LogP contribution in [0.15, 0.2) is 24.3 Å². The van der Waals surface area contributed by atoms with Gasteiger partial charge in [0.1, 0.15) is 0 Å². The van der Waals surface area contributed by atoms with Gasteiger partial charge in [0.25, 0.3) is 0 Å². The van der Waals surface area contributed by atoms with Gasteiger partial charge in [-0.1, -0.05) is 44.7 Å². The molecule has 0 aliphatic heterocycles. The summed E-state index contributed by atoms with van der Waals surface area (Å²) in [6, 6.07) is 8.87. The van der Waals surface area contributed by atoms with Gasteiger partial charge in [-0.2, -0.15) is 0 Å². The SMILES string of the molecule is CCCCCCCN(Cc1ccc(N)cc1)C(C)C. The van der Waals surface area contributed by atoms with Crippen LogP contribution in [0, 0.1) is 0 Å². The van der Waals surface area contributed by atoms with E-state index in [2.05, 4.69) is 37.8 Å². The molecule has 0 fully saturated rings. The van der Waals surface area contributed by atoms with Crippen molar-refractivity contribution >= 4 is 5.69 Å². The fourth-order valence-electron chi connectivity index (χ4n) is 2.30. The first-order valence-electron chi connectivity index (χ1n) is 7.72. The van der Waals surface area contributed by atoms with E-state index in [-0.39, 0.29) is 0 Å². The van der Waals surface area contributed by atoms with Crippen LogP contribution in [0.1, 0.15) is 58.4 Å². The van der Waals surface area contributed by atoms with Crippen molar-refractivity contribution in [3.8, 4) is 0 Å². The zero-order valence-corrected chi connectivity index (χ0v) is 12.9. The molecule has 0 amide bonds. The van der Waals surface area contributed by atoms with E-state index in [9.17, 15) is 0 Å². The van der Waals surface area contributed by atoms with Crippen LogP contribution >= 0.6 is 0 Å². The minimum absolute atomic E-state index is 0.601. The molecule has 0 aliphatic carbocycles. The van der Waals surface area contributed by atoms with Crippen molar-refractivity contribution in [1.82, 2.24) is 4.90 Å². The third kappa shape index (κ3) is 6.63. The van der Waals surface area contributed by atoms with Crippen LogP contribution in [-0.4, -0.2) is 17.5 Å². The summed E-state index contributed by atoms with van der Waals surface area (Å²) in [7, 11) is 0. The van der Waals surface area contributed by atoms with Gasteiger partial charge in [0, 0.05) is 18.3 Å². The molecule has 2 heteroatoms. The van der Waals surface area contributed by atoms with Crippen molar-refractivity contribution in [2.75, 3.05) is 12.3 Å². The van der Waals surface area contributed by atoms with E-state index < -0.39 is 0 Å². The average molecular weight is 262 g/mol. The molecule has 0 saturated carbocycles. The van der Waals surface area contributed by atoms with Gasteiger partial charge in [-0.05, 0) is 44.5 Å². The molecule has 0 saturated heterocycles. The number of unbranched alkanes of at least 4 members (excludes halogenated alkanes) is 4. The molecular formula is C17H30N2. The maximum absolute atomic E-state index is 5.73. The lowest BCUT2D eigenvalue weighted by Crippen LogP contribution is -2.31. The van der Waals surface area contributed by atoms with Crippen LogP contribution < -0.4 is 5.73 Å². The van der Waals surface area contributed by atoms with Gasteiger partial charge < -0.3 is 5.73 Å². The topological polar surface area (TPSA) is 29.3 Å². The van der Waals surface area contributed by atoms with Crippen molar-refractivity contribution in [2.45, 2.75) is 65.5 Å². The fraction of sp³-hybridized carbons (Fsp3) is 0.647. The molecule has 1 aromatic carbocycles. The van der Waals surface area contributed by atoms with Crippen molar-refractivity contribution in [1.29, 1.82) is 0 Å². The fourth-order valence-corrected chi connectivity index (χ4v) is 2.30. The first-order valence-corrected chi connectivity index (χ1v) is 7.72. The maximum atomic E-state index is 5.73. The number of nitrogens with zero attached hydrogens (tertiary/aromatic N) is 1. The molecule has 0 aliphatic rings. The number of nitrogens with two attached hydrogens (primary N) is 1. The molecule has 19 heavy (non-hydrogen) atoms. The van der Waals surface area contributed by atoms with Crippen molar-refractivity contribution < 1.29 is 0 Å². The highest BCUT2D eigenvalue weighted by atomic mass is 15.1. The zero-order chi connectivity index (χ0) is 14.1. The average Bonchev–Trinajstić information content (AvgIpc) is 2.39. The Morgan fingerprint density at radius 1 is 1.00 bits per heavy atom. The molecule has 2 nitrogen and oxygen atoms in total. The summed E-state index contributed by atoms with van der Waals surface area (Å²) in [5.41, 5.74) is 7.93. The highest BCUT2D eigenvalue weighted by molar-refractivity contribution is 5.39. The van der Waals surface area contributed by atoms with E-state index >= 15 is 0 Å². The number of hydrogen-bond acceptors (Lipinski definition) is 2. The molecule has 108 valence electrons. The van der Waals surface area contributed by atoms with Crippen LogP contribution in [0.2, 0.25) is 0 Å². The standard InChI is InChI=1S/C17H30N2/c1-4-5-6-7-8-13-19(15(2)3)14-16-9-11-17(18)12-10-16/h9-12,15H,4-8,13-14,18H2,1-3H3. The Bertz CT molecular complexity index is 330. The van der Waals surface area contributed by atoms with Crippen molar-refractivity contribution in [3.63, 3.8) is 0 Å². The first-order chi connectivity index (χ1) is 9.13. The maximum Gasteiger partial charge on any atom is 0.0314 e. The smallest absolute Gasteiger partial charge is 0.0314 e. The van der Waals surface area contributed by atoms with Crippen molar-refractivity contribution in [2.24, 2.45) is 0 Å². The number of anilines is 1. The van der Waals surface area contributed by atoms with Crippen molar-refractivity contribution in [3.05, 3.63) is 29.8 Å². The predicted octanol–water partition coefficient (Wildman–Crippen LogP) is 4.45. The van der Waals surface area contributed by atoms with Gasteiger partial charge in [0.15, 0.2) is 0 Å². The second kappa shape index (κ2) is 8.98. The minimum atomic E-state index is 0.601. The molecule has 0 atom stereocenters. The van der Waals surface area contributed by atoms with Crippen LogP contribution in [0.3, 0.4) is 0 Å². The molecule has 0 spiro atoms. The third-order valence-electron chi connectivity index (χ3n) is 3.64. The summed E-state index contributed by atoms with van der Waals surface area (Å²) in [4.78, 5) is 2.55. The normalized spacial score (nSPS) is 11.4. The molecular weight excluding hydrogens is 232 g/mol. The summed E-state index contributed by atoms with van der Waals surface area (Å²) in [6.45, 7) is 9.06. The second-order valence-electron chi connectivity index (χ2n) is 5.72. The Morgan fingerprint density at radius 2 is 1.63 bits per heavy atom. The second-order valence-corrected chi connectivity index (χ2v) is 5.72. The van der Waals surface area contributed by atoms with E-state index in [0.717, 1.165) is 12.2 Å². The molecule has 2 N–H and O–H groups in total. The Morgan fingerprint density at radius 3 is 2.21 bits per heavy atom. The van der Waals surface area contributed by atoms with Gasteiger partial charge >= 0.3 is 0 Å². The highest BCUT2D eigenvalue weighted by Crippen LogP contribution is 2.12. The molecule has 0 unspecified atom stereocenters. The van der Waals surface area contributed by atoms with Gasteiger partial charge in [-0.25, -0.2) is 0 Å². The van der Waals surface area contributed by atoms with Crippen LogP contribution in [-0.2, 0) is 6.54 Å². The lowest BCUT2D eigenvalue weighted by molar-refractivity contribution is 0.208. The molecule has 0 heterocycles. The Kier molecular flexibility index (Phi) is 7.57. The van der Waals surface area contributed by atoms with Gasteiger partial charge in [-0.3, -0.25) is 4.90 Å². The van der Waals surface area contributed by atoms with Crippen LogP contribution in [0.5, 0.6) is 0 Å². The van der Waals surface area contributed by atoms with E-state index in [0.29, 0.717) is 6.04 Å². The van der Waals surface area contributed by atoms with Crippen LogP contribution in [0.4, 0.5) is 5.69 Å². The Labute approximate surface area is 119 Å². The predicted molar refractivity (Wildman–Crippen MR) is 85.2 cm³/mol. The molecule has 0 radical (unpaired) electrons. The molecule has 0 bridgehead atoms. The summed E-state index contributed by atoms with van der Waals surface area (Å²) in [6.07, 6.45) is 6.75. The lowest BCUT2D eigenvalue weighted by Gasteiger charge is -2.26. The van der Waals surface area contributed by atoms with E-state index in [1.807, 2.05) is 12.1 Å². The van der Waals surface area contributed by atoms with E-state index in [1.165, 1.54) is 44.2 Å². The molecule has 1 rings (SSSR count). The van der Waals surface area contributed by atoms with Gasteiger partial charge in [0.2, 0.25) is 0 Å². The number of rotatable bonds is 9. The third-order valence-corrected chi connectivity index (χ3v) is 3.64. The summed E-state index contributed by atoms with van der Waals surface area (Å²) >= 11 is 0. The highest BCUT2D eigenvalue weighted by Gasteiger charge is 2.09. The minimum Gasteiger partial charge on any atom is -0.399 e. The Balaban J connectivity index is 2.38. The van der Waals surface area contributed by atoms with E-state index in [1.54, 1.807) is 0 Å². The summed E-state index contributed by atoms with van der Waals surface area (Å²) < 4.78 is 0. The number of hydrogen-bond donors (Lipinski definition) is 1. The first kappa shape index (κ1) is 16.0. The van der Waals surface area contributed by atoms with Gasteiger partial charge in [0.05, 0.1) is 0 Å². The van der Waals surface area contributed by atoms with Crippen LogP contribution in [0.25, 0.3) is 0 Å². The zero-order valence-electron chi connectivity index (χ0n) is 12.9. The van der Waals surface area contributed by atoms with Gasteiger partial charge in [-0.15, -0.1) is 0 Å². The molecule has 1 aromatic rings. The summed E-state index contributed by atoms with van der Waals surface area (Å²) in [5, 5.41) is 0. The monoisotopic (exact) mass is 262 g/mol. The Hall–Kier alpha value is -1.02. The summed E-state index contributed by atoms with van der Waals surface area (Å²) in [5.74, 6) is 0. The largest absolute Gasteiger partial charge is 0.399 e. The molecule has 0 aromatic heterocycles. The van der Waals surface area contributed by atoms with E-state index in [4.69, 9.17) is 5.73 Å².